The number of hydrogen-bond donors (Lipinski definition) is 1. The lowest BCUT2D eigenvalue weighted by atomic mass is 10.1. The first kappa shape index (κ1) is 14.1. The fraction of sp³-hybridized carbons (Fsp3) is 0.176. The van der Waals surface area contributed by atoms with E-state index >= 15 is 0 Å². The van der Waals surface area contributed by atoms with Gasteiger partial charge in [-0.2, -0.15) is 0 Å². The highest BCUT2D eigenvalue weighted by Gasteiger charge is 2.13. The largest absolute Gasteiger partial charge is 0.496 e. The summed E-state index contributed by atoms with van der Waals surface area (Å²) >= 11 is 0. The molecule has 1 aromatic heterocycles. The van der Waals surface area contributed by atoms with Crippen LogP contribution in [0.2, 0.25) is 0 Å². The molecule has 2 aromatic carbocycles. The molecular weight excluding hydrogens is 278 g/mol. The van der Waals surface area contributed by atoms with Crippen LogP contribution in [0.5, 0.6) is 17.2 Å². The molecule has 0 aliphatic rings. The number of nitrogen functional groups attached to an aromatic ring is 1. The maximum Gasteiger partial charge on any atom is 0.140 e. The summed E-state index contributed by atoms with van der Waals surface area (Å²) in [7, 11) is 1.64. The first-order chi connectivity index (χ1) is 10.6. The zero-order valence-corrected chi connectivity index (χ0v) is 12.8. The maximum absolute atomic E-state index is 6.14. The predicted molar refractivity (Wildman–Crippen MR) is 86.5 cm³/mol. The molecule has 112 valence electrons. The molecule has 2 N–H and O–H groups in total. The standard InChI is InChI=1S/C17H17N3O2/c1-10-7-8-13(21-3)11(2)16(10)22-14-6-4-5-12-15(14)17(18)20-9-19-12/h4-9H,1-3H3,(H2,18,19,20). The van der Waals surface area contributed by atoms with Crippen molar-refractivity contribution in [1.29, 1.82) is 0 Å². The number of aromatic nitrogens is 2. The number of rotatable bonds is 3. The fourth-order valence-corrected chi connectivity index (χ4v) is 2.48. The number of ether oxygens (including phenoxy) is 2. The van der Waals surface area contributed by atoms with Crippen LogP contribution in [0.3, 0.4) is 0 Å². The fourth-order valence-electron chi connectivity index (χ4n) is 2.48. The SMILES string of the molecule is COc1ccc(C)c(Oc2cccc3ncnc(N)c23)c1C. The van der Waals surface area contributed by atoms with Crippen molar-refractivity contribution in [3.8, 4) is 17.2 Å². The number of anilines is 1. The molecule has 3 rings (SSSR count). The van der Waals surface area contributed by atoms with Crippen LogP contribution < -0.4 is 15.2 Å². The van der Waals surface area contributed by atoms with Gasteiger partial charge in [0.05, 0.1) is 18.0 Å². The molecule has 0 saturated carbocycles. The van der Waals surface area contributed by atoms with Crippen LogP contribution in [0, 0.1) is 13.8 Å². The Bertz CT molecular complexity index is 841. The monoisotopic (exact) mass is 295 g/mol. The van der Waals surface area contributed by atoms with Gasteiger partial charge in [0.15, 0.2) is 0 Å². The summed E-state index contributed by atoms with van der Waals surface area (Å²) in [6.45, 7) is 3.96. The number of fused-ring (bicyclic) bond motifs is 1. The Hall–Kier alpha value is -2.82. The molecule has 0 aliphatic heterocycles. The molecule has 1 heterocycles. The number of benzene rings is 2. The number of hydrogen-bond acceptors (Lipinski definition) is 5. The summed E-state index contributed by atoms with van der Waals surface area (Å²) in [6, 6.07) is 9.52. The van der Waals surface area contributed by atoms with Crippen molar-refractivity contribution in [1.82, 2.24) is 9.97 Å². The van der Waals surface area contributed by atoms with Crippen molar-refractivity contribution in [3.63, 3.8) is 0 Å². The molecule has 22 heavy (non-hydrogen) atoms. The first-order valence-corrected chi connectivity index (χ1v) is 6.93. The van der Waals surface area contributed by atoms with Gasteiger partial charge in [0, 0.05) is 5.56 Å². The summed E-state index contributed by atoms with van der Waals surface area (Å²) in [5.74, 6) is 2.58. The lowest BCUT2D eigenvalue weighted by molar-refractivity contribution is 0.404. The Kier molecular flexibility index (Phi) is 3.55. The Labute approximate surface area is 128 Å². The molecule has 0 saturated heterocycles. The zero-order chi connectivity index (χ0) is 15.7. The molecule has 0 aliphatic carbocycles. The topological polar surface area (TPSA) is 70.3 Å². The van der Waals surface area contributed by atoms with E-state index in [9.17, 15) is 0 Å². The average Bonchev–Trinajstić information content (AvgIpc) is 2.52. The van der Waals surface area contributed by atoms with Crippen molar-refractivity contribution in [2.75, 3.05) is 12.8 Å². The summed E-state index contributed by atoms with van der Waals surface area (Å²) in [5.41, 5.74) is 8.70. The van der Waals surface area contributed by atoms with Gasteiger partial charge >= 0.3 is 0 Å². The van der Waals surface area contributed by atoms with Crippen molar-refractivity contribution in [3.05, 3.63) is 47.8 Å². The highest BCUT2D eigenvalue weighted by atomic mass is 16.5. The minimum atomic E-state index is 0.402. The summed E-state index contributed by atoms with van der Waals surface area (Å²) in [6.07, 6.45) is 1.45. The molecule has 0 unspecified atom stereocenters. The zero-order valence-electron chi connectivity index (χ0n) is 12.8. The van der Waals surface area contributed by atoms with Gasteiger partial charge in [0.25, 0.3) is 0 Å². The van der Waals surface area contributed by atoms with Gasteiger partial charge in [-0.3, -0.25) is 0 Å². The van der Waals surface area contributed by atoms with Gasteiger partial charge < -0.3 is 15.2 Å². The molecule has 5 nitrogen and oxygen atoms in total. The molecule has 0 radical (unpaired) electrons. The van der Waals surface area contributed by atoms with E-state index in [1.54, 1.807) is 7.11 Å². The second-order valence-corrected chi connectivity index (χ2v) is 5.05. The van der Waals surface area contributed by atoms with Gasteiger partial charge in [-0.1, -0.05) is 12.1 Å². The molecule has 0 fully saturated rings. The summed E-state index contributed by atoms with van der Waals surface area (Å²) in [4.78, 5) is 8.28. The number of nitrogens with two attached hydrogens (primary N) is 1. The summed E-state index contributed by atoms with van der Waals surface area (Å²) < 4.78 is 11.5. The van der Waals surface area contributed by atoms with E-state index in [2.05, 4.69) is 9.97 Å². The second-order valence-electron chi connectivity index (χ2n) is 5.05. The van der Waals surface area contributed by atoms with Crippen molar-refractivity contribution in [2.45, 2.75) is 13.8 Å². The number of methoxy groups -OCH3 is 1. The van der Waals surface area contributed by atoms with Crippen molar-refractivity contribution < 1.29 is 9.47 Å². The Morgan fingerprint density at radius 3 is 2.59 bits per heavy atom. The minimum absolute atomic E-state index is 0.402. The van der Waals surface area contributed by atoms with Crippen molar-refractivity contribution >= 4 is 16.7 Å². The van der Waals surface area contributed by atoms with Crippen LogP contribution in [0.15, 0.2) is 36.7 Å². The molecule has 5 heteroatoms. The molecule has 3 aromatic rings. The summed E-state index contributed by atoms with van der Waals surface area (Å²) in [5, 5.41) is 0.714. The highest BCUT2D eigenvalue weighted by molar-refractivity contribution is 5.93. The van der Waals surface area contributed by atoms with Crippen LogP contribution >= 0.6 is 0 Å². The third kappa shape index (κ3) is 2.30. The van der Waals surface area contributed by atoms with E-state index in [1.807, 2.05) is 44.2 Å². The van der Waals surface area contributed by atoms with Gasteiger partial charge in [-0.05, 0) is 37.6 Å². The Morgan fingerprint density at radius 2 is 1.82 bits per heavy atom. The van der Waals surface area contributed by atoms with Gasteiger partial charge in [0.2, 0.25) is 0 Å². The normalized spacial score (nSPS) is 10.7. The Balaban J connectivity index is 2.16. The van der Waals surface area contributed by atoms with Gasteiger partial charge in [-0.25, -0.2) is 9.97 Å². The third-order valence-corrected chi connectivity index (χ3v) is 3.64. The number of aryl methyl sites for hydroxylation is 1. The van der Waals surface area contributed by atoms with E-state index in [1.165, 1.54) is 6.33 Å². The van der Waals surface area contributed by atoms with Gasteiger partial charge in [-0.15, -0.1) is 0 Å². The van der Waals surface area contributed by atoms with Crippen LogP contribution in [-0.4, -0.2) is 17.1 Å². The van der Waals surface area contributed by atoms with Crippen LogP contribution in [0.25, 0.3) is 10.9 Å². The first-order valence-electron chi connectivity index (χ1n) is 6.93. The average molecular weight is 295 g/mol. The molecular formula is C17H17N3O2. The van der Waals surface area contributed by atoms with Crippen LogP contribution in [0.1, 0.15) is 11.1 Å². The Morgan fingerprint density at radius 1 is 1.00 bits per heavy atom. The van der Waals surface area contributed by atoms with Crippen molar-refractivity contribution in [2.24, 2.45) is 0 Å². The van der Waals surface area contributed by atoms with E-state index < -0.39 is 0 Å². The highest BCUT2D eigenvalue weighted by Crippen LogP contribution is 2.37. The third-order valence-electron chi connectivity index (χ3n) is 3.64. The van der Waals surface area contributed by atoms with Crippen LogP contribution in [-0.2, 0) is 0 Å². The minimum Gasteiger partial charge on any atom is -0.496 e. The van der Waals surface area contributed by atoms with Crippen LogP contribution in [0.4, 0.5) is 5.82 Å². The van der Waals surface area contributed by atoms with E-state index in [0.29, 0.717) is 17.0 Å². The van der Waals surface area contributed by atoms with E-state index in [0.717, 1.165) is 28.1 Å². The number of nitrogens with zero attached hydrogens (tertiary/aromatic N) is 2. The molecule has 0 spiro atoms. The molecule has 0 amide bonds. The second kappa shape index (κ2) is 5.52. The van der Waals surface area contributed by atoms with E-state index in [4.69, 9.17) is 15.2 Å². The maximum atomic E-state index is 6.14. The smallest absolute Gasteiger partial charge is 0.140 e. The van der Waals surface area contributed by atoms with Gasteiger partial charge in [0.1, 0.15) is 29.4 Å². The molecule has 0 atom stereocenters. The quantitative estimate of drug-likeness (QED) is 0.799. The lowest BCUT2D eigenvalue weighted by Crippen LogP contribution is -1.98. The predicted octanol–water partition coefficient (Wildman–Crippen LogP) is 3.63. The molecule has 0 bridgehead atoms. The lowest BCUT2D eigenvalue weighted by Gasteiger charge is -2.16. The van der Waals surface area contributed by atoms with E-state index in [-0.39, 0.29) is 0 Å².